The molecule has 1 amide bonds. The number of rotatable bonds is 2. The van der Waals surface area contributed by atoms with Crippen LogP contribution in [0.15, 0.2) is 48.5 Å². The fraction of sp³-hybridized carbons (Fsp3) is 0.222. The van der Waals surface area contributed by atoms with Gasteiger partial charge in [-0.25, -0.2) is 0 Å². The van der Waals surface area contributed by atoms with Crippen molar-refractivity contribution in [2.24, 2.45) is 0 Å². The van der Waals surface area contributed by atoms with Crippen LogP contribution in [0.3, 0.4) is 0 Å². The number of ether oxygens (including phenoxy) is 1. The molecule has 5 nitrogen and oxygen atoms in total. The van der Waals surface area contributed by atoms with Crippen molar-refractivity contribution in [3.05, 3.63) is 59.7 Å². The van der Waals surface area contributed by atoms with E-state index in [1.54, 1.807) is 0 Å². The first-order chi connectivity index (χ1) is 11.2. The summed E-state index contributed by atoms with van der Waals surface area (Å²) in [7, 11) is 0. The van der Waals surface area contributed by atoms with Gasteiger partial charge in [0.05, 0.1) is 18.1 Å². The molecular weight excluding hydrogens is 294 g/mol. The van der Waals surface area contributed by atoms with Gasteiger partial charge in [-0.1, -0.05) is 36.4 Å². The van der Waals surface area contributed by atoms with E-state index < -0.39 is 18.1 Å². The van der Waals surface area contributed by atoms with Crippen LogP contribution in [0.1, 0.15) is 30.0 Å². The maximum Gasteiger partial charge on any atom is 0.224 e. The van der Waals surface area contributed by atoms with Crippen molar-refractivity contribution in [2.75, 3.05) is 0 Å². The van der Waals surface area contributed by atoms with Crippen LogP contribution in [0.5, 0.6) is 11.5 Å². The Hall–Kier alpha value is -2.82. The number of carboxylic acids is 1. The van der Waals surface area contributed by atoms with Crippen molar-refractivity contribution in [3.63, 3.8) is 0 Å². The lowest BCUT2D eigenvalue weighted by Gasteiger charge is -2.38. The first-order valence-corrected chi connectivity index (χ1v) is 7.54. The fourth-order valence-electron chi connectivity index (χ4n) is 3.44. The van der Waals surface area contributed by atoms with Gasteiger partial charge in [0.25, 0.3) is 0 Å². The van der Waals surface area contributed by atoms with Crippen LogP contribution in [-0.4, -0.2) is 22.8 Å². The molecular formula is C18H14NO4-. The summed E-state index contributed by atoms with van der Waals surface area (Å²) in [5.74, 6) is -0.0889. The zero-order valence-electron chi connectivity index (χ0n) is 12.3. The molecule has 2 heterocycles. The lowest BCUT2D eigenvalue weighted by molar-refractivity contribution is -0.311. The Morgan fingerprint density at radius 2 is 1.61 bits per heavy atom. The van der Waals surface area contributed by atoms with E-state index in [0.717, 1.165) is 11.1 Å². The van der Waals surface area contributed by atoms with E-state index in [9.17, 15) is 14.7 Å². The average molecular weight is 308 g/mol. The molecule has 2 aliphatic heterocycles. The van der Waals surface area contributed by atoms with Crippen molar-refractivity contribution < 1.29 is 19.4 Å². The number of benzene rings is 2. The molecule has 0 N–H and O–H groups in total. The molecule has 0 bridgehead atoms. The first-order valence-electron chi connectivity index (χ1n) is 7.54. The molecule has 116 valence electrons. The van der Waals surface area contributed by atoms with Gasteiger partial charge >= 0.3 is 0 Å². The second-order valence-electron chi connectivity index (χ2n) is 5.75. The largest absolute Gasteiger partial charge is 0.548 e. The van der Waals surface area contributed by atoms with Gasteiger partial charge in [0, 0.05) is 17.5 Å². The number of hydrogen-bond donors (Lipinski definition) is 0. The number of carbonyl (C=O) groups excluding carboxylic acids is 2. The van der Waals surface area contributed by atoms with E-state index in [1.807, 2.05) is 48.5 Å². The Morgan fingerprint density at radius 1 is 1.04 bits per heavy atom. The summed E-state index contributed by atoms with van der Waals surface area (Å²) in [5.41, 5.74) is 1.60. The number of fused-ring (bicyclic) bond motifs is 2. The van der Waals surface area contributed by atoms with Crippen molar-refractivity contribution in [2.45, 2.75) is 24.9 Å². The lowest BCUT2D eigenvalue weighted by Crippen LogP contribution is -2.48. The number of likely N-dealkylation sites (tertiary alicyclic amines) is 1. The quantitative estimate of drug-likeness (QED) is 0.845. The van der Waals surface area contributed by atoms with E-state index in [0.29, 0.717) is 11.5 Å². The van der Waals surface area contributed by atoms with Crippen molar-refractivity contribution >= 4 is 11.9 Å². The van der Waals surface area contributed by atoms with E-state index in [1.165, 1.54) is 4.90 Å². The Morgan fingerprint density at radius 3 is 2.17 bits per heavy atom. The Labute approximate surface area is 133 Å². The van der Waals surface area contributed by atoms with E-state index in [4.69, 9.17) is 4.74 Å². The average Bonchev–Trinajstić information content (AvgIpc) is 2.94. The smallest absolute Gasteiger partial charge is 0.224 e. The van der Waals surface area contributed by atoms with Crippen molar-refractivity contribution in [1.29, 1.82) is 0 Å². The minimum Gasteiger partial charge on any atom is -0.548 e. The van der Waals surface area contributed by atoms with Gasteiger partial charge in [0.15, 0.2) is 0 Å². The molecule has 1 saturated heterocycles. The standard InChI is InChI=1S/C18H15NO4/c20-16-10-9-13(18(21)22)19(16)17-11-5-1-3-7-14(11)23-15-8-4-2-6-12(15)17/h1-8,13,17H,9-10H2,(H,21,22)/p-1/t13-/m1/s1. The van der Waals surface area contributed by atoms with Crippen molar-refractivity contribution in [1.82, 2.24) is 4.90 Å². The predicted octanol–water partition coefficient (Wildman–Crippen LogP) is 1.62. The van der Waals surface area contributed by atoms with Crippen molar-refractivity contribution in [3.8, 4) is 11.5 Å². The van der Waals surface area contributed by atoms with Crippen LogP contribution in [0.25, 0.3) is 0 Å². The molecule has 2 aromatic rings. The zero-order valence-corrected chi connectivity index (χ0v) is 12.3. The Bertz CT molecular complexity index is 756. The van der Waals surface area contributed by atoms with Crippen LogP contribution >= 0.6 is 0 Å². The number of para-hydroxylation sites is 2. The molecule has 0 radical (unpaired) electrons. The molecule has 1 fully saturated rings. The van der Waals surface area contributed by atoms with Crippen LogP contribution in [0.4, 0.5) is 0 Å². The van der Waals surface area contributed by atoms with E-state index >= 15 is 0 Å². The third-order valence-electron chi connectivity index (χ3n) is 4.45. The molecule has 0 saturated carbocycles. The number of hydrogen-bond acceptors (Lipinski definition) is 4. The summed E-state index contributed by atoms with van der Waals surface area (Å²) in [5, 5.41) is 11.5. The molecule has 0 aliphatic carbocycles. The summed E-state index contributed by atoms with van der Waals surface area (Å²) < 4.78 is 5.90. The second kappa shape index (κ2) is 5.12. The van der Waals surface area contributed by atoms with E-state index in [-0.39, 0.29) is 18.7 Å². The summed E-state index contributed by atoms with van der Waals surface area (Å²) >= 11 is 0. The SMILES string of the molecule is O=C([O-])[C@H]1CCC(=O)N1C1c2ccccc2Oc2ccccc21. The third-order valence-corrected chi connectivity index (χ3v) is 4.45. The molecule has 5 heteroatoms. The molecule has 0 unspecified atom stereocenters. The summed E-state index contributed by atoms with van der Waals surface area (Å²) in [6.07, 6.45) is 0.503. The maximum absolute atomic E-state index is 12.4. The highest BCUT2D eigenvalue weighted by Crippen LogP contribution is 2.47. The summed E-state index contributed by atoms with van der Waals surface area (Å²) in [6, 6.07) is 13.4. The van der Waals surface area contributed by atoms with Crippen LogP contribution < -0.4 is 9.84 Å². The molecule has 1 atom stereocenters. The topological polar surface area (TPSA) is 69.7 Å². The number of nitrogens with zero attached hydrogens (tertiary/aromatic N) is 1. The fourth-order valence-corrected chi connectivity index (χ4v) is 3.44. The Balaban J connectivity index is 1.90. The van der Waals surface area contributed by atoms with Gasteiger partial charge in [0.2, 0.25) is 5.91 Å². The number of amides is 1. The second-order valence-corrected chi connectivity index (χ2v) is 5.75. The molecule has 4 rings (SSSR count). The highest BCUT2D eigenvalue weighted by molar-refractivity contribution is 5.87. The third kappa shape index (κ3) is 2.08. The van der Waals surface area contributed by atoms with Gasteiger partial charge in [-0.05, 0) is 18.6 Å². The minimum atomic E-state index is -1.21. The minimum absolute atomic E-state index is 0.171. The lowest BCUT2D eigenvalue weighted by atomic mass is 9.92. The van der Waals surface area contributed by atoms with Crippen LogP contribution in [0, 0.1) is 0 Å². The molecule has 23 heavy (non-hydrogen) atoms. The monoisotopic (exact) mass is 308 g/mol. The van der Waals surface area contributed by atoms with Crippen LogP contribution in [-0.2, 0) is 9.59 Å². The van der Waals surface area contributed by atoms with Gasteiger partial charge in [0.1, 0.15) is 11.5 Å². The van der Waals surface area contributed by atoms with Gasteiger partial charge < -0.3 is 19.5 Å². The van der Waals surface area contributed by atoms with Gasteiger partial charge in [-0.15, -0.1) is 0 Å². The number of aliphatic carboxylic acids is 1. The predicted molar refractivity (Wildman–Crippen MR) is 79.7 cm³/mol. The number of carboxylic acid groups (broad SMARTS) is 1. The van der Waals surface area contributed by atoms with Crippen LogP contribution in [0.2, 0.25) is 0 Å². The maximum atomic E-state index is 12.4. The first kappa shape index (κ1) is 13.8. The normalized spacial score (nSPS) is 19.9. The molecule has 2 aromatic carbocycles. The highest BCUT2D eigenvalue weighted by Gasteiger charge is 2.41. The van der Waals surface area contributed by atoms with Gasteiger partial charge in [-0.2, -0.15) is 0 Å². The summed E-state index contributed by atoms with van der Waals surface area (Å²) in [4.78, 5) is 25.3. The molecule has 2 aliphatic rings. The molecule has 0 spiro atoms. The summed E-state index contributed by atoms with van der Waals surface area (Å²) in [6.45, 7) is 0. The zero-order chi connectivity index (χ0) is 16.0. The van der Waals surface area contributed by atoms with E-state index in [2.05, 4.69) is 0 Å². The molecule has 0 aromatic heterocycles. The van der Waals surface area contributed by atoms with Gasteiger partial charge in [-0.3, -0.25) is 4.79 Å². The highest BCUT2D eigenvalue weighted by atomic mass is 16.5. The Kier molecular flexibility index (Phi) is 3.08. The number of carbonyl (C=O) groups is 2.